The van der Waals surface area contributed by atoms with Crippen molar-refractivity contribution < 1.29 is 19.0 Å². The van der Waals surface area contributed by atoms with Crippen LogP contribution in [0, 0.1) is 5.92 Å². The van der Waals surface area contributed by atoms with Gasteiger partial charge in [0.2, 0.25) is 11.7 Å². The summed E-state index contributed by atoms with van der Waals surface area (Å²) in [6.45, 7) is 2.45. The second-order valence-electron chi connectivity index (χ2n) is 5.71. The van der Waals surface area contributed by atoms with Gasteiger partial charge < -0.3 is 24.8 Å². The Labute approximate surface area is 137 Å². The molecule has 0 spiro atoms. The maximum absolute atomic E-state index is 12.1. The van der Waals surface area contributed by atoms with Gasteiger partial charge in [-0.2, -0.15) is 0 Å². The lowest BCUT2D eigenvalue weighted by molar-refractivity contribution is -0.122. The van der Waals surface area contributed by atoms with Gasteiger partial charge in [-0.1, -0.05) is 0 Å². The minimum absolute atomic E-state index is 0.0886. The van der Waals surface area contributed by atoms with Crippen LogP contribution < -0.4 is 24.8 Å². The van der Waals surface area contributed by atoms with Crippen molar-refractivity contribution in [1.82, 2.24) is 10.6 Å². The Kier molecular flexibility index (Phi) is 6.52. The summed E-state index contributed by atoms with van der Waals surface area (Å²) >= 11 is 0. The van der Waals surface area contributed by atoms with Gasteiger partial charge in [-0.05, 0) is 49.5 Å². The molecule has 0 aliphatic carbocycles. The van der Waals surface area contributed by atoms with E-state index in [-0.39, 0.29) is 5.91 Å². The number of carbonyl (C=O) groups excluding carboxylic acids is 1. The fourth-order valence-corrected chi connectivity index (χ4v) is 2.86. The van der Waals surface area contributed by atoms with Gasteiger partial charge in [0.1, 0.15) is 0 Å². The Hall–Kier alpha value is -1.95. The van der Waals surface area contributed by atoms with Crippen LogP contribution in [0.5, 0.6) is 17.2 Å². The van der Waals surface area contributed by atoms with Crippen molar-refractivity contribution in [1.29, 1.82) is 0 Å². The average Bonchev–Trinajstić information content (AvgIpc) is 2.59. The van der Waals surface area contributed by atoms with E-state index in [9.17, 15) is 4.79 Å². The monoisotopic (exact) mass is 322 g/mol. The molecule has 1 saturated heterocycles. The molecule has 0 unspecified atom stereocenters. The SMILES string of the molecule is COc1cc(CNC(=O)CC2CCNCC2)cc(OC)c1OC. The van der Waals surface area contributed by atoms with E-state index < -0.39 is 0 Å². The van der Waals surface area contributed by atoms with Gasteiger partial charge in [0.15, 0.2) is 11.5 Å². The summed E-state index contributed by atoms with van der Waals surface area (Å²) in [6, 6.07) is 3.71. The molecule has 0 saturated carbocycles. The van der Waals surface area contributed by atoms with Crippen LogP contribution >= 0.6 is 0 Å². The van der Waals surface area contributed by atoms with E-state index >= 15 is 0 Å². The van der Waals surface area contributed by atoms with E-state index in [1.54, 1.807) is 21.3 Å². The molecule has 6 heteroatoms. The maximum atomic E-state index is 12.1. The Bertz CT molecular complexity index is 502. The second-order valence-corrected chi connectivity index (χ2v) is 5.71. The van der Waals surface area contributed by atoms with Gasteiger partial charge in [0, 0.05) is 13.0 Å². The van der Waals surface area contributed by atoms with Crippen molar-refractivity contribution in [2.75, 3.05) is 34.4 Å². The molecule has 2 N–H and O–H groups in total. The molecule has 1 aliphatic rings. The van der Waals surface area contributed by atoms with Gasteiger partial charge in [0.05, 0.1) is 21.3 Å². The molecule has 0 radical (unpaired) electrons. The first-order valence-electron chi connectivity index (χ1n) is 7.94. The number of ether oxygens (including phenoxy) is 3. The maximum Gasteiger partial charge on any atom is 0.220 e. The highest BCUT2D eigenvalue weighted by atomic mass is 16.5. The number of benzene rings is 1. The summed E-state index contributed by atoms with van der Waals surface area (Å²) in [4.78, 5) is 12.1. The first-order valence-corrected chi connectivity index (χ1v) is 7.94. The lowest BCUT2D eigenvalue weighted by Crippen LogP contribution is -2.32. The number of amides is 1. The van der Waals surface area contributed by atoms with E-state index in [4.69, 9.17) is 14.2 Å². The molecule has 128 valence electrons. The molecule has 1 amide bonds. The van der Waals surface area contributed by atoms with Crippen molar-refractivity contribution in [2.24, 2.45) is 5.92 Å². The highest BCUT2D eigenvalue weighted by Crippen LogP contribution is 2.38. The predicted octanol–water partition coefficient (Wildman–Crippen LogP) is 1.72. The van der Waals surface area contributed by atoms with Crippen molar-refractivity contribution in [3.8, 4) is 17.2 Å². The van der Waals surface area contributed by atoms with Gasteiger partial charge in [-0.3, -0.25) is 4.79 Å². The van der Waals surface area contributed by atoms with E-state index in [1.165, 1.54) is 0 Å². The summed E-state index contributed by atoms with van der Waals surface area (Å²) in [5, 5.41) is 6.29. The molecule has 6 nitrogen and oxygen atoms in total. The molecule has 0 aromatic heterocycles. The molecule has 1 aromatic rings. The number of nitrogens with one attached hydrogen (secondary N) is 2. The fraction of sp³-hybridized carbons (Fsp3) is 0.588. The number of hydrogen-bond acceptors (Lipinski definition) is 5. The van der Waals surface area contributed by atoms with E-state index in [0.29, 0.717) is 36.1 Å². The summed E-state index contributed by atoms with van der Waals surface area (Å²) in [5.74, 6) is 2.31. The smallest absolute Gasteiger partial charge is 0.220 e. The number of carbonyl (C=O) groups is 1. The van der Waals surface area contributed by atoms with Crippen LogP contribution in [0.15, 0.2) is 12.1 Å². The third kappa shape index (κ3) is 4.76. The minimum Gasteiger partial charge on any atom is -0.493 e. The lowest BCUT2D eigenvalue weighted by Gasteiger charge is -2.22. The highest BCUT2D eigenvalue weighted by molar-refractivity contribution is 5.76. The van der Waals surface area contributed by atoms with Crippen LogP contribution in [-0.2, 0) is 11.3 Å². The third-order valence-corrected chi connectivity index (χ3v) is 4.15. The zero-order chi connectivity index (χ0) is 16.7. The summed E-state index contributed by atoms with van der Waals surface area (Å²) in [5.41, 5.74) is 0.915. The summed E-state index contributed by atoms with van der Waals surface area (Å²) in [6.07, 6.45) is 2.72. The van der Waals surface area contributed by atoms with Crippen molar-refractivity contribution in [3.05, 3.63) is 17.7 Å². The Morgan fingerprint density at radius 1 is 1.13 bits per heavy atom. The zero-order valence-electron chi connectivity index (χ0n) is 14.1. The summed E-state index contributed by atoms with van der Waals surface area (Å²) < 4.78 is 15.9. The Morgan fingerprint density at radius 3 is 2.26 bits per heavy atom. The van der Waals surface area contributed by atoms with Crippen molar-refractivity contribution in [2.45, 2.75) is 25.8 Å². The Morgan fingerprint density at radius 2 is 1.74 bits per heavy atom. The lowest BCUT2D eigenvalue weighted by atomic mass is 9.94. The molecule has 1 fully saturated rings. The van der Waals surface area contributed by atoms with E-state index in [1.807, 2.05) is 12.1 Å². The second kappa shape index (κ2) is 8.62. The van der Waals surface area contributed by atoms with Gasteiger partial charge in [-0.25, -0.2) is 0 Å². The van der Waals surface area contributed by atoms with Crippen molar-refractivity contribution >= 4 is 5.91 Å². The van der Waals surface area contributed by atoms with Crippen LogP contribution in [0.4, 0.5) is 0 Å². The molecular weight excluding hydrogens is 296 g/mol. The number of piperidine rings is 1. The normalized spacial score (nSPS) is 15.1. The molecule has 1 aliphatic heterocycles. The molecule has 0 bridgehead atoms. The number of hydrogen-bond donors (Lipinski definition) is 2. The molecule has 0 atom stereocenters. The van der Waals surface area contributed by atoms with Gasteiger partial charge >= 0.3 is 0 Å². The molecule has 1 heterocycles. The van der Waals surface area contributed by atoms with E-state index in [0.717, 1.165) is 31.5 Å². The zero-order valence-corrected chi connectivity index (χ0v) is 14.1. The van der Waals surface area contributed by atoms with Crippen LogP contribution in [0.1, 0.15) is 24.8 Å². The highest BCUT2D eigenvalue weighted by Gasteiger charge is 2.17. The summed E-state index contributed by atoms with van der Waals surface area (Å²) in [7, 11) is 4.73. The van der Waals surface area contributed by atoms with Crippen LogP contribution in [0.3, 0.4) is 0 Å². The quantitative estimate of drug-likeness (QED) is 0.800. The first-order chi connectivity index (χ1) is 11.2. The van der Waals surface area contributed by atoms with E-state index in [2.05, 4.69) is 10.6 Å². The van der Waals surface area contributed by atoms with Crippen LogP contribution in [0.25, 0.3) is 0 Å². The number of rotatable bonds is 7. The molecular formula is C17H26N2O4. The fourth-order valence-electron chi connectivity index (χ4n) is 2.86. The molecule has 2 rings (SSSR count). The Balaban J connectivity index is 1.95. The third-order valence-electron chi connectivity index (χ3n) is 4.15. The van der Waals surface area contributed by atoms with Crippen molar-refractivity contribution in [3.63, 3.8) is 0 Å². The average molecular weight is 322 g/mol. The van der Waals surface area contributed by atoms with Gasteiger partial charge in [-0.15, -0.1) is 0 Å². The predicted molar refractivity (Wildman–Crippen MR) is 88.2 cm³/mol. The van der Waals surface area contributed by atoms with Gasteiger partial charge in [0.25, 0.3) is 0 Å². The minimum atomic E-state index is 0.0886. The topological polar surface area (TPSA) is 68.8 Å². The number of methoxy groups -OCH3 is 3. The largest absolute Gasteiger partial charge is 0.493 e. The standard InChI is InChI=1S/C17H26N2O4/c1-21-14-8-13(9-15(22-2)17(14)23-3)11-19-16(20)10-12-4-6-18-7-5-12/h8-9,12,18H,4-7,10-11H2,1-3H3,(H,19,20). The first kappa shape index (κ1) is 17.4. The molecule has 1 aromatic carbocycles. The molecule has 23 heavy (non-hydrogen) atoms. The van der Waals surface area contributed by atoms with Crippen LogP contribution in [-0.4, -0.2) is 40.3 Å². The van der Waals surface area contributed by atoms with Crippen LogP contribution in [0.2, 0.25) is 0 Å².